The predicted molar refractivity (Wildman–Crippen MR) is 62.8 cm³/mol. The molecule has 0 bridgehead atoms. The largest absolute Gasteiger partial charge is 0.435 e. The molecule has 1 aromatic carbocycles. The Morgan fingerprint density at radius 3 is 2.28 bits per heavy atom. The molecule has 0 aliphatic carbocycles. The smallest absolute Gasteiger partial charge is 0.373 e. The molecule has 0 aliphatic heterocycles. The lowest BCUT2D eigenvalue weighted by Crippen LogP contribution is -2.07. The summed E-state index contributed by atoms with van der Waals surface area (Å²) in [4.78, 5) is 0. The van der Waals surface area contributed by atoms with E-state index < -0.39 is 11.9 Å². The molecule has 0 atom stereocenters. The zero-order chi connectivity index (χ0) is 13.3. The average molecular weight is 255 g/mol. The van der Waals surface area contributed by atoms with Gasteiger partial charge in [0.05, 0.1) is 5.69 Å². The van der Waals surface area contributed by atoms with E-state index in [2.05, 4.69) is 10.4 Å². The van der Waals surface area contributed by atoms with Crippen molar-refractivity contribution in [1.82, 2.24) is 9.78 Å². The Kier molecular flexibility index (Phi) is 3.02. The van der Waals surface area contributed by atoms with Gasteiger partial charge in [0.1, 0.15) is 5.82 Å². The first kappa shape index (κ1) is 12.5. The number of benzene rings is 1. The fraction of sp³-hybridized carbons (Fsp3) is 0.250. The molecule has 6 heteroatoms. The van der Waals surface area contributed by atoms with Crippen LogP contribution in [0, 0.1) is 6.92 Å². The topological polar surface area (TPSA) is 29.9 Å². The van der Waals surface area contributed by atoms with E-state index in [0.717, 1.165) is 11.6 Å². The number of alkyl halides is 3. The minimum atomic E-state index is -4.44. The molecule has 2 aromatic rings. The second-order valence-electron chi connectivity index (χ2n) is 3.91. The molecule has 0 amide bonds. The Labute approximate surface area is 102 Å². The van der Waals surface area contributed by atoms with Crippen molar-refractivity contribution in [2.75, 3.05) is 12.4 Å². The molecule has 0 saturated carbocycles. The Morgan fingerprint density at radius 2 is 1.78 bits per heavy atom. The lowest BCUT2D eigenvalue weighted by atomic mass is 10.2. The van der Waals surface area contributed by atoms with Gasteiger partial charge in [0, 0.05) is 13.1 Å². The average Bonchev–Trinajstić information content (AvgIpc) is 2.73. The summed E-state index contributed by atoms with van der Waals surface area (Å²) in [6.07, 6.45) is -4.44. The molecule has 1 N–H and O–H groups in total. The molecule has 0 saturated heterocycles. The van der Waals surface area contributed by atoms with Crippen LogP contribution in [0.25, 0.3) is 5.69 Å². The Balaban J connectivity index is 2.50. The van der Waals surface area contributed by atoms with Gasteiger partial charge < -0.3 is 5.32 Å². The van der Waals surface area contributed by atoms with Crippen LogP contribution < -0.4 is 5.32 Å². The third kappa shape index (κ3) is 2.32. The van der Waals surface area contributed by atoms with Gasteiger partial charge in [-0.15, -0.1) is 0 Å². The van der Waals surface area contributed by atoms with Crippen molar-refractivity contribution in [3.8, 4) is 5.69 Å². The van der Waals surface area contributed by atoms with Crippen molar-refractivity contribution in [1.29, 1.82) is 0 Å². The predicted octanol–water partition coefficient (Wildman–Crippen LogP) is 3.24. The zero-order valence-electron chi connectivity index (χ0n) is 9.92. The summed E-state index contributed by atoms with van der Waals surface area (Å²) in [6.45, 7) is 1.91. The summed E-state index contributed by atoms with van der Waals surface area (Å²) >= 11 is 0. The lowest BCUT2D eigenvalue weighted by molar-refractivity contribution is -0.141. The first-order valence-corrected chi connectivity index (χ1v) is 5.34. The van der Waals surface area contributed by atoms with Gasteiger partial charge in [0.2, 0.25) is 0 Å². The summed E-state index contributed by atoms with van der Waals surface area (Å²) in [7, 11) is 1.56. The fourth-order valence-corrected chi connectivity index (χ4v) is 1.58. The van der Waals surface area contributed by atoms with Gasteiger partial charge in [-0.3, -0.25) is 0 Å². The highest BCUT2D eigenvalue weighted by molar-refractivity contribution is 5.46. The zero-order valence-corrected chi connectivity index (χ0v) is 9.92. The number of hydrogen-bond acceptors (Lipinski definition) is 2. The van der Waals surface area contributed by atoms with E-state index in [-0.39, 0.29) is 0 Å². The van der Waals surface area contributed by atoms with Gasteiger partial charge in [-0.25, -0.2) is 4.68 Å². The second-order valence-corrected chi connectivity index (χ2v) is 3.91. The monoisotopic (exact) mass is 255 g/mol. The molecule has 3 nitrogen and oxygen atoms in total. The van der Waals surface area contributed by atoms with Crippen LogP contribution in [0.3, 0.4) is 0 Å². The van der Waals surface area contributed by atoms with Gasteiger partial charge in [0.15, 0.2) is 5.69 Å². The highest BCUT2D eigenvalue weighted by Crippen LogP contribution is 2.31. The Bertz CT molecular complexity index is 541. The molecule has 1 heterocycles. The number of aromatic nitrogens is 2. The van der Waals surface area contributed by atoms with Crippen LogP contribution in [0.15, 0.2) is 30.3 Å². The summed E-state index contributed by atoms with van der Waals surface area (Å²) in [5.74, 6) is 0.297. The van der Waals surface area contributed by atoms with E-state index in [9.17, 15) is 13.2 Å². The molecule has 0 unspecified atom stereocenters. The molecular weight excluding hydrogens is 243 g/mol. The second kappa shape index (κ2) is 4.36. The number of halogens is 3. The van der Waals surface area contributed by atoms with E-state index in [1.165, 1.54) is 4.68 Å². The standard InChI is InChI=1S/C12H12F3N3/c1-8-3-5-9(6-4-8)18-11(16-2)7-10(17-18)12(13,14)15/h3-7,16H,1-2H3. The van der Waals surface area contributed by atoms with Crippen LogP contribution in [-0.2, 0) is 6.18 Å². The number of anilines is 1. The number of hydrogen-bond donors (Lipinski definition) is 1. The van der Waals surface area contributed by atoms with E-state index in [1.54, 1.807) is 19.2 Å². The van der Waals surface area contributed by atoms with Crippen LogP contribution in [0.4, 0.5) is 19.0 Å². The van der Waals surface area contributed by atoms with E-state index in [0.29, 0.717) is 11.5 Å². The van der Waals surface area contributed by atoms with Crippen molar-refractivity contribution in [2.45, 2.75) is 13.1 Å². The summed E-state index contributed by atoms with van der Waals surface area (Å²) in [5, 5.41) is 6.28. The minimum absolute atomic E-state index is 0.297. The van der Waals surface area contributed by atoms with Crippen molar-refractivity contribution in [3.05, 3.63) is 41.6 Å². The van der Waals surface area contributed by atoms with Crippen molar-refractivity contribution in [2.24, 2.45) is 0 Å². The number of rotatable bonds is 2. The molecule has 1 aromatic heterocycles. The van der Waals surface area contributed by atoms with E-state index >= 15 is 0 Å². The summed E-state index contributed by atoms with van der Waals surface area (Å²) in [5.41, 5.74) is 0.709. The molecular formula is C12H12F3N3. The van der Waals surface area contributed by atoms with E-state index in [4.69, 9.17) is 0 Å². The van der Waals surface area contributed by atoms with Crippen LogP contribution in [0.2, 0.25) is 0 Å². The lowest BCUT2D eigenvalue weighted by Gasteiger charge is -2.06. The van der Waals surface area contributed by atoms with Crippen LogP contribution >= 0.6 is 0 Å². The van der Waals surface area contributed by atoms with Gasteiger partial charge >= 0.3 is 6.18 Å². The van der Waals surface area contributed by atoms with Crippen molar-refractivity contribution >= 4 is 5.82 Å². The normalized spacial score (nSPS) is 11.6. The fourth-order valence-electron chi connectivity index (χ4n) is 1.58. The summed E-state index contributed by atoms with van der Waals surface area (Å²) < 4.78 is 39.0. The molecule has 0 fully saturated rings. The molecule has 18 heavy (non-hydrogen) atoms. The number of aryl methyl sites for hydroxylation is 1. The highest BCUT2D eigenvalue weighted by Gasteiger charge is 2.35. The maximum atomic E-state index is 12.6. The molecule has 0 spiro atoms. The SMILES string of the molecule is CNc1cc(C(F)(F)F)nn1-c1ccc(C)cc1. The number of nitrogens with one attached hydrogen (secondary N) is 1. The van der Waals surface area contributed by atoms with Gasteiger partial charge in [0.25, 0.3) is 0 Å². The minimum Gasteiger partial charge on any atom is -0.373 e. The van der Waals surface area contributed by atoms with Crippen molar-refractivity contribution in [3.63, 3.8) is 0 Å². The number of nitrogens with zero attached hydrogens (tertiary/aromatic N) is 2. The molecule has 0 aliphatic rings. The third-order valence-corrected chi connectivity index (χ3v) is 2.53. The van der Waals surface area contributed by atoms with Crippen LogP contribution in [0.5, 0.6) is 0 Å². The van der Waals surface area contributed by atoms with Gasteiger partial charge in [-0.05, 0) is 19.1 Å². The maximum Gasteiger partial charge on any atom is 0.435 e. The molecule has 0 radical (unpaired) electrons. The third-order valence-electron chi connectivity index (χ3n) is 2.53. The highest BCUT2D eigenvalue weighted by atomic mass is 19.4. The Hall–Kier alpha value is -1.98. The van der Waals surface area contributed by atoms with Crippen LogP contribution in [0.1, 0.15) is 11.3 Å². The van der Waals surface area contributed by atoms with Crippen molar-refractivity contribution < 1.29 is 13.2 Å². The Morgan fingerprint density at radius 1 is 1.17 bits per heavy atom. The quantitative estimate of drug-likeness (QED) is 0.892. The first-order chi connectivity index (χ1) is 8.41. The first-order valence-electron chi connectivity index (χ1n) is 5.34. The maximum absolute atomic E-state index is 12.6. The molecule has 2 rings (SSSR count). The summed E-state index contributed by atoms with van der Waals surface area (Å²) in [6, 6.07) is 8.08. The van der Waals surface area contributed by atoms with Crippen LogP contribution in [-0.4, -0.2) is 16.8 Å². The van der Waals surface area contributed by atoms with E-state index in [1.807, 2.05) is 19.1 Å². The van der Waals surface area contributed by atoms with Gasteiger partial charge in [-0.1, -0.05) is 17.7 Å². The molecule has 96 valence electrons. The van der Waals surface area contributed by atoms with Gasteiger partial charge in [-0.2, -0.15) is 18.3 Å².